The molecule has 0 saturated carbocycles. The van der Waals surface area contributed by atoms with Crippen molar-refractivity contribution in [3.63, 3.8) is 0 Å². The Hall–Kier alpha value is -2.80. The van der Waals surface area contributed by atoms with Crippen molar-refractivity contribution in [1.82, 2.24) is 4.57 Å². The Labute approximate surface area is 161 Å². The van der Waals surface area contributed by atoms with E-state index >= 15 is 0 Å². The van der Waals surface area contributed by atoms with E-state index in [1.807, 2.05) is 42.8 Å². The molecule has 0 unspecified atom stereocenters. The molecule has 0 aliphatic rings. The largest absolute Gasteiger partial charge is 0.497 e. The zero-order chi connectivity index (χ0) is 19.4. The summed E-state index contributed by atoms with van der Waals surface area (Å²) in [5, 5.41) is 0. The highest BCUT2D eigenvalue weighted by Crippen LogP contribution is 2.25. The van der Waals surface area contributed by atoms with E-state index in [0.717, 1.165) is 21.5 Å². The Bertz CT molecular complexity index is 1040. The lowest BCUT2D eigenvalue weighted by Crippen LogP contribution is -2.14. The molecule has 1 amide bonds. The number of thiazole rings is 1. The highest BCUT2D eigenvalue weighted by molar-refractivity contribution is 7.16. The Morgan fingerprint density at radius 2 is 1.89 bits per heavy atom. The van der Waals surface area contributed by atoms with Crippen molar-refractivity contribution in [3.8, 4) is 17.2 Å². The van der Waals surface area contributed by atoms with Crippen molar-refractivity contribution >= 4 is 27.5 Å². The first-order valence-corrected chi connectivity index (χ1v) is 9.38. The molecule has 27 heavy (non-hydrogen) atoms. The predicted molar refractivity (Wildman–Crippen MR) is 106 cm³/mol. The van der Waals surface area contributed by atoms with Crippen LogP contribution in [0.15, 0.2) is 41.4 Å². The van der Waals surface area contributed by atoms with Gasteiger partial charge in [-0.3, -0.25) is 4.79 Å². The zero-order valence-electron chi connectivity index (χ0n) is 15.8. The van der Waals surface area contributed by atoms with Crippen LogP contribution in [-0.4, -0.2) is 31.3 Å². The number of methoxy groups -OCH3 is 2. The lowest BCUT2D eigenvalue weighted by molar-refractivity contribution is -0.117. The Morgan fingerprint density at radius 1 is 1.11 bits per heavy atom. The van der Waals surface area contributed by atoms with Gasteiger partial charge in [0.2, 0.25) is 0 Å². The summed E-state index contributed by atoms with van der Waals surface area (Å²) in [5.41, 5.74) is 1.78. The van der Waals surface area contributed by atoms with Crippen LogP contribution in [0, 0.1) is 0 Å². The van der Waals surface area contributed by atoms with Gasteiger partial charge in [0.25, 0.3) is 5.91 Å². The average Bonchev–Trinajstić information content (AvgIpc) is 2.97. The summed E-state index contributed by atoms with van der Waals surface area (Å²) in [5.74, 6) is 1.87. The summed E-state index contributed by atoms with van der Waals surface area (Å²) in [6.45, 7) is 2.56. The number of benzene rings is 2. The van der Waals surface area contributed by atoms with Crippen LogP contribution in [0.3, 0.4) is 0 Å². The van der Waals surface area contributed by atoms with Gasteiger partial charge in [0.15, 0.2) is 4.80 Å². The van der Waals surface area contributed by atoms with Crippen LogP contribution in [0.2, 0.25) is 0 Å². The van der Waals surface area contributed by atoms with E-state index in [1.54, 1.807) is 26.4 Å². The second-order valence-corrected chi connectivity index (χ2v) is 6.88. The molecule has 7 heteroatoms. The first-order chi connectivity index (χ1) is 13.0. The molecule has 3 aromatic rings. The summed E-state index contributed by atoms with van der Waals surface area (Å²) in [4.78, 5) is 17.5. The number of fused-ring (bicyclic) bond motifs is 1. The third kappa shape index (κ3) is 4.14. The molecule has 142 valence electrons. The summed E-state index contributed by atoms with van der Waals surface area (Å²) >= 11 is 1.46. The van der Waals surface area contributed by atoms with Crippen LogP contribution in [0.5, 0.6) is 17.2 Å². The first-order valence-electron chi connectivity index (χ1n) is 8.56. The maximum atomic E-state index is 12.5. The van der Waals surface area contributed by atoms with Crippen LogP contribution >= 0.6 is 11.3 Å². The molecule has 0 aliphatic carbocycles. The molecule has 0 saturated heterocycles. The third-order valence-corrected chi connectivity index (χ3v) is 5.24. The van der Waals surface area contributed by atoms with Gasteiger partial charge in [-0.15, -0.1) is 0 Å². The van der Waals surface area contributed by atoms with Crippen molar-refractivity contribution < 1.29 is 19.0 Å². The van der Waals surface area contributed by atoms with E-state index in [2.05, 4.69) is 4.99 Å². The molecule has 3 rings (SSSR count). The number of ether oxygens (including phenoxy) is 3. The SMILES string of the molecule is CCOc1ccc2c(c1)sc(=NC(=O)Cc1ccc(OC)cc1OC)n2C. The molecule has 0 N–H and O–H groups in total. The van der Waals surface area contributed by atoms with Crippen LogP contribution in [0.1, 0.15) is 12.5 Å². The van der Waals surface area contributed by atoms with Crippen molar-refractivity contribution in [3.05, 3.63) is 46.8 Å². The van der Waals surface area contributed by atoms with Gasteiger partial charge in [0.1, 0.15) is 17.2 Å². The first kappa shape index (κ1) is 19.0. The monoisotopic (exact) mass is 386 g/mol. The maximum absolute atomic E-state index is 12.5. The van der Waals surface area contributed by atoms with E-state index in [0.29, 0.717) is 22.9 Å². The van der Waals surface area contributed by atoms with Gasteiger partial charge >= 0.3 is 0 Å². The second-order valence-electron chi connectivity index (χ2n) is 5.87. The average molecular weight is 386 g/mol. The Morgan fingerprint density at radius 3 is 2.59 bits per heavy atom. The lowest BCUT2D eigenvalue weighted by Gasteiger charge is -2.08. The van der Waals surface area contributed by atoms with E-state index in [-0.39, 0.29) is 12.3 Å². The smallest absolute Gasteiger partial charge is 0.252 e. The van der Waals surface area contributed by atoms with Crippen molar-refractivity contribution in [1.29, 1.82) is 0 Å². The maximum Gasteiger partial charge on any atom is 0.252 e. The lowest BCUT2D eigenvalue weighted by atomic mass is 10.1. The summed E-state index contributed by atoms with van der Waals surface area (Å²) in [6.07, 6.45) is 0.158. The van der Waals surface area contributed by atoms with Crippen LogP contribution < -0.4 is 19.0 Å². The van der Waals surface area contributed by atoms with Gasteiger partial charge in [-0.25, -0.2) is 0 Å². The number of hydrogen-bond donors (Lipinski definition) is 0. The van der Waals surface area contributed by atoms with Gasteiger partial charge in [0, 0.05) is 18.7 Å². The summed E-state index contributed by atoms with van der Waals surface area (Å²) in [6, 6.07) is 11.3. The quantitative estimate of drug-likeness (QED) is 0.652. The number of carbonyl (C=O) groups is 1. The molecule has 1 aromatic heterocycles. The van der Waals surface area contributed by atoms with Crippen LogP contribution in [0.25, 0.3) is 10.2 Å². The molecular formula is C20H22N2O4S. The van der Waals surface area contributed by atoms with Gasteiger partial charge in [-0.05, 0) is 31.2 Å². The van der Waals surface area contributed by atoms with E-state index < -0.39 is 0 Å². The van der Waals surface area contributed by atoms with Crippen molar-refractivity contribution in [2.24, 2.45) is 12.0 Å². The standard InChI is InChI=1S/C20H22N2O4S/c1-5-26-15-8-9-16-18(12-15)27-20(22(16)2)21-19(23)10-13-6-7-14(24-3)11-17(13)25-4/h6-9,11-12H,5,10H2,1-4H3. The molecular weight excluding hydrogens is 364 g/mol. The molecule has 0 bridgehead atoms. The topological polar surface area (TPSA) is 62.1 Å². The van der Waals surface area contributed by atoms with Crippen molar-refractivity contribution in [2.45, 2.75) is 13.3 Å². The molecule has 0 aliphatic heterocycles. The van der Waals surface area contributed by atoms with E-state index in [4.69, 9.17) is 14.2 Å². The normalized spacial score (nSPS) is 11.6. The summed E-state index contributed by atoms with van der Waals surface area (Å²) < 4.78 is 19.0. The number of aromatic nitrogens is 1. The fourth-order valence-electron chi connectivity index (χ4n) is 2.78. The predicted octanol–water partition coefficient (Wildman–Crippen LogP) is 3.33. The van der Waals surface area contributed by atoms with Crippen LogP contribution in [0.4, 0.5) is 0 Å². The van der Waals surface area contributed by atoms with E-state index in [1.165, 1.54) is 11.3 Å². The Balaban J connectivity index is 1.90. The molecule has 1 heterocycles. The van der Waals surface area contributed by atoms with E-state index in [9.17, 15) is 4.79 Å². The number of aryl methyl sites for hydroxylation is 1. The van der Waals surface area contributed by atoms with Crippen LogP contribution in [-0.2, 0) is 18.3 Å². The van der Waals surface area contributed by atoms with Crippen molar-refractivity contribution in [2.75, 3.05) is 20.8 Å². The third-order valence-electron chi connectivity index (χ3n) is 4.15. The minimum Gasteiger partial charge on any atom is -0.497 e. The molecule has 0 atom stereocenters. The van der Waals surface area contributed by atoms with Gasteiger partial charge in [0.05, 0.1) is 37.5 Å². The minimum absolute atomic E-state index is 0.158. The highest BCUT2D eigenvalue weighted by atomic mass is 32.1. The van der Waals surface area contributed by atoms with Gasteiger partial charge in [-0.1, -0.05) is 17.4 Å². The minimum atomic E-state index is -0.231. The number of amides is 1. The molecule has 0 fully saturated rings. The number of carbonyl (C=O) groups excluding carboxylic acids is 1. The second kappa shape index (κ2) is 8.26. The fraction of sp³-hybridized carbons (Fsp3) is 0.300. The Kier molecular flexibility index (Phi) is 5.81. The molecule has 0 spiro atoms. The zero-order valence-corrected chi connectivity index (χ0v) is 16.6. The van der Waals surface area contributed by atoms with Gasteiger partial charge in [-0.2, -0.15) is 4.99 Å². The molecule has 2 aromatic carbocycles. The number of rotatable bonds is 6. The summed E-state index contributed by atoms with van der Waals surface area (Å²) in [7, 11) is 5.06. The molecule has 0 radical (unpaired) electrons. The van der Waals surface area contributed by atoms with Gasteiger partial charge < -0.3 is 18.8 Å². The number of nitrogens with zero attached hydrogens (tertiary/aromatic N) is 2. The highest BCUT2D eigenvalue weighted by Gasteiger charge is 2.11. The number of hydrogen-bond acceptors (Lipinski definition) is 5. The molecule has 6 nitrogen and oxygen atoms in total. The fourth-order valence-corrected chi connectivity index (χ4v) is 3.85.